The lowest BCUT2D eigenvalue weighted by atomic mass is 9.59. The highest BCUT2D eigenvalue weighted by atomic mass is 16.5. The molecule has 3 heteroatoms. The standard InChI is InChI=1S/C20H34O3/c1-3-16(2)19(22)23-15-20(14-21,17-10-6-4-7-11-17)18-12-8-5-9-13-18/h3,17-18,21H,4-15H2,1-2H3. The average Bonchev–Trinajstić information content (AvgIpc) is 2.63. The molecule has 0 amide bonds. The van der Waals surface area contributed by atoms with Crippen molar-refractivity contribution in [1.82, 2.24) is 0 Å². The Morgan fingerprint density at radius 2 is 1.52 bits per heavy atom. The van der Waals surface area contributed by atoms with Crippen molar-refractivity contribution >= 4 is 5.97 Å². The Balaban J connectivity index is 2.15. The zero-order valence-electron chi connectivity index (χ0n) is 15.0. The van der Waals surface area contributed by atoms with Gasteiger partial charge in [-0.2, -0.15) is 0 Å². The molecule has 2 aliphatic rings. The maximum atomic E-state index is 12.1. The van der Waals surface area contributed by atoms with Crippen LogP contribution in [0.15, 0.2) is 11.6 Å². The van der Waals surface area contributed by atoms with Gasteiger partial charge >= 0.3 is 5.97 Å². The Labute approximate surface area is 141 Å². The van der Waals surface area contributed by atoms with Crippen molar-refractivity contribution in [3.63, 3.8) is 0 Å². The van der Waals surface area contributed by atoms with Gasteiger partial charge in [-0.25, -0.2) is 4.79 Å². The van der Waals surface area contributed by atoms with Gasteiger partial charge in [0, 0.05) is 11.0 Å². The fourth-order valence-electron chi connectivity index (χ4n) is 4.66. The van der Waals surface area contributed by atoms with E-state index in [0.717, 1.165) is 0 Å². The predicted octanol–water partition coefficient (Wildman–Crippen LogP) is 4.64. The minimum absolute atomic E-state index is 0.157. The topological polar surface area (TPSA) is 46.5 Å². The Hall–Kier alpha value is -0.830. The number of carbonyl (C=O) groups is 1. The van der Waals surface area contributed by atoms with E-state index in [-0.39, 0.29) is 18.0 Å². The van der Waals surface area contributed by atoms with E-state index < -0.39 is 0 Å². The molecule has 0 atom stereocenters. The van der Waals surface area contributed by atoms with Crippen LogP contribution in [-0.2, 0) is 9.53 Å². The van der Waals surface area contributed by atoms with Crippen LogP contribution < -0.4 is 0 Å². The summed E-state index contributed by atoms with van der Waals surface area (Å²) in [6.07, 6.45) is 14.1. The molecule has 2 saturated carbocycles. The molecule has 1 N–H and O–H groups in total. The van der Waals surface area contributed by atoms with E-state index in [0.29, 0.717) is 24.0 Å². The van der Waals surface area contributed by atoms with Crippen molar-refractivity contribution in [2.75, 3.05) is 13.2 Å². The summed E-state index contributed by atoms with van der Waals surface area (Å²) in [4.78, 5) is 12.1. The molecule has 2 fully saturated rings. The molecule has 0 unspecified atom stereocenters. The normalized spacial score (nSPS) is 22.1. The molecule has 0 spiro atoms. The van der Waals surface area contributed by atoms with E-state index in [4.69, 9.17) is 4.74 Å². The maximum absolute atomic E-state index is 12.1. The van der Waals surface area contributed by atoms with Crippen LogP contribution in [0.1, 0.15) is 78.1 Å². The molecular weight excluding hydrogens is 288 g/mol. The van der Waals surface area contributed by atoms with E-state index in [1.165, 1.54) is 64.2 Å². The van der Waals surface area contributed by atoms with Crippen LogP contribution in [0.5, 0.6) is 0 Å². The van der Waals surface area contributed by atoms with Crippen molar-refractivity contribution < 1.29 is 14.6 Å². The summed E-state index contributed by atoms with van der Waals surface area (Å²) in [6.45, 7) is 4.20. The van der Waals surface area contributed by atoms with Gasteiger partial charge < -0.3 is 9.84 Å². The summed E-state index contributed by atoms with van der Waals surface area (Å²) in [7, 11) is 0. The summed E-state index contributed by atoms with van der Waals surface area (Å²) in [5.74, 6) is 0.781. The second-order valence-electron chi connectivity index (χ2n) is 7.61. The van der Waals surface area contributed by atoms with Crippen LogP contribution in [0.3, 0.4) is 0 Å². The van der Waals surface area contributed by atoms with Gasteiger partial charge in [0.25, 0.3) is 0 Å². The van der Waals surface area contributed by atoms with Gasteiger partial charge in [0.05, 0.1) is 13.2 Å². The summed E-state index contributed by atoms with van der Waals surface area (Å²) in [6, 6.07) is 0. The summed E-state index contributed by atoms with van der Waals surface area (Å²) >= 11 is 0. The molecule has 0 bridgehead atoms. The fourth-order valence-corrected chi connectivity index (χ4v) is 4.66. The molecule has 132 valence electrons. The number of hydrogen-bond acceptors (Lipinski definition) is 3. The van der Waals surface area contributed by atoms with Crippen LogP contribution in [-0.4, -0.2) is 24.3 Å². The van der Waals surface area contributed by atoms with E-state index in [1.807, 2.05) is 6.92 Å². The Kier molecular flexibility index (Phi) is 7.13. The molecular formula is C20H34O3. The Bertz CT molecular complexity index is 383. The van der Waals surface area contributed by atoms with Gasteiger partial charge in [-0.3, -0.25) is 0 Å². The van der Waals surface area contributed by atoms with Crippen molar-refractivity contribution in [3.8, 4) is 0 Å². The largest absolute Gasteiger partial charge is 0.462 e. The van der Waals surface area contributed by atoms with Gasteiger partial charge in [-0.05, 0) is 51.4 Å². The van der Waals surface area contributed by atoms with Crippen LogP contribution in [0.25, 0.3) is 0 Å². The van der Waals surface area contributed by atoms with Crippen LogP contribution in [0.2, 0.25) is 0 Å². The number of rotatable bonds is 6. The Morgan fingerprint density at radius 3 is 1.91 bits per heavy atom. The first-order chi connectivity index (χ1) is 11.1. The van der Waals surface area contributed by atoms with Crippen molar-refractivity contribution in [2.45, 2.75) is 78.1 Å². The third-order valence-electron chi connectivity index (χ3n) is 6.36. The first-order valence-electron chi connectivity index (χ1n) is 9.55. The molecule has 0 aromatic carbocycles. The highest BCUT2D eigenvalue weighted by molar-refractivity contribution is 5.87. The third-order valence-corrected chi connectivity index (χ3v) is 6.36. The highest BCUT2D eigenvalue weighted by Crippen LogP contribution is 2.49. The lowest BCUT2D eigenvalue weighted by Gasteiger charge is -2.47. The maximum Gasteiger partial charge on any atom is 0.333 e. The third kappa shape index (κ3) is 4.37. The molecule has 0 aromatic heterocycles. The minimum Gasteiger partial charge on any atom is -0.462 e. The van der Waals surface area contributed by atoms with E-state index in [2.05, 4.69) is 0 Å². The van der Waals surface area contributed by atoms with Crippen molar-refractivity contribution in [3.05, 3.63) is 11.6 Å². The highest BCUT2D eigenvalue weighted by Gasteiger charge is 2.46. The first-order valence-corrected chi connectivity index (χ1v) is 9.55. The van der Waals surface area contributed by atoms with Crippen LogP contribution in [0.4, 0.5) is 0 Å². The van der Waals surface area contributed by atoms with Crippen molar-refractivity contribution in [1.29, 1.82) is 0 Å². The molecule has 2 aliphatic carbocycles. The monoisotopic (exact) mass is 322 g/mol. The summed E-state index contributed by atoms with van der Waals surface area (Å²) in [5, 5.41) is 10.4. The molecule has 0 aromatic rings. The molecule has 23 heavy (non-hydrogen) atoms. The lowest BCUT2D eigenvalue weighted by molar-refractivity contribution is -0.151. The van der Waals surface area contributed by atoms with Crippen molar-refractivity contribution in [2.24, 2.45) is 17.3 Å². The number of hydrogen-bond donors (Lipinski definition) is 1. The SMILES string of the molecule is CC=C(C)C(=O)OCC(CO)(C1CCCCC1)C1CCCCC1. The number of ether oxygens (including phenoxy) is 1. The van der Waals surface area contributed by atoms with E-state index in [9.17, 15) is 9.90 Å². The summed E-state index contributed by atoms with van der Waals surface area (Å²) in [5.41, 5.74) is 0.439. The summed E-state index contributed by atoms with van der Waals surface area (Å²) < 4.78 is 5.69. The van der Waals surface area contributed by atoms with Gasteiger partial charge in [0.15, 0.2) is 0 Å². The predicted molar refractivity (Wildman–Crippen MR) is 93.1 cm³/mol. The second kappa shape index (κ2) is 8.86. The molecule has 3 nitrogen and oxygen atoms in total. The molecule has 0 aliphatic heterocycles. The lowest BCUT2D eigenvalue weighted by Crippen LogP contribution is -2.47. The number of esters is 1. The van der Waals surface area contributed by atoms with Gasteiger partial charge in [-0.1, -0.05) is 44.6 Å². The quantitative estimate of drug-likeness (QED) is 0.572. The molecule has 0 heterocycles. The van der Waals surface area contributed by atoms with E-state index >= 15 is 0 Å². The number of aliphatic hydroxyl groups excluding tert-OH is 1. The van der Waals surface area contributed by atoms with Gasteiger partial charge in [0.2, 0.25) is 0 Å². The first kappa shape index (κ1) is 18.5. The van der Waals surface area contributed by atoms with Crippen LogP contribution in [0, 0.1) is 17.3 Å². The minimum atomic E-state index is -0.225. The Morgan fingerprint density at radius 1 is 1.04 bits per heavy atom. The zero-order valence-corrected chi connectivity index (χ0v) is 15.0. The molecule has 2 rings (SSSR count). The second-order valence-corrected chi connectivity index (χ2v) is 7.61. The zero-order chi connectivity index (χ0) is 16.7. The smallest absolute Gasteiger partial charge is 0.333 e. The van der Waals surface area contributed by atoms with Crippen LogP contribution >= 0.6 is 0 Å². The molecule has 0 radical (unpaired) electrons. The average molecular weight is 322 g/mol. The number of aliphatic hydroxyl groups is 1. The fraction of sp³-hybridized carbons (Fsp3) is 0.850. The van der Waals surface area contributed by atoms with Gasteiger partial charge in [-0.15, -0.1) is 0 Å². The number of allylic oxidation sites excluding steroid dienone is 1. The number of carbonyl (C=O) groups excluding carboxylic acids is 1. The van der Waals surface area contributed by atoms with E-state index in [1.54, 1.807) is 13.0 Å². The van der Waals surface area contributed by atoms with Gasteiger partial charge in [0.1, 0.15) is 0 Å². The molecule has 0 saturated heterocycles.